The second-order valence-electron chi connectivity index (χ2n) is 7.67. The monoisotopic (exact) mass is 488 g/mol. The van der Waals surface area contributed by atoms with E-state index in [-0.39, 0.29) is 11.9 Å². The van der Waals surface area contributed by atoms with Crippen molar-refractivity contribution in [1.29, 1.82) is 0 Å². The third kappa shape index (κ3) is 4.89. The van der Waals surface area contributed by atoms with E-state index < -0.39 is 6.10 Å². The van der Waals surface area contributed by atoms with Crippen LogP contribution < -0.4 is 4.90 Å². The summed E-state index contributed by atoms with van der Waals surface area (Å²) in [5.41, 5.74) is 2.77. The highest BCUT2D eigenvalue weighted by molar-refractivity contribution is 6.36. The zero-order valence-electron chi connectivity index (χ0n) is 17.5. The Morgan fingerprint density at radius 2 is 1.62 bits per heavy atom. The summed E-state index contributed by atoms with van der Waals surface area (Å²) >= 11 is 18.8. The molecule has 4 nitrogen and oxygen atoms in total. The standard InChI is InChI=1S/C25H23Cl3N2O2/c1-32-24(18-5-3-2-4-6-18)25(31)29-13-14-30(22-12-11-20(27)15-21(22)28)23(16-29)17-7-9-19(26)10-8-17/h2-12,15,23-24H,13-14,16H2,1H3/t23-,24+/m0/s1. The van der Waals surface area contributed by atoms with Crippen LogP contribution in [0, 0.1) is 0 Å². The molecule has 0 spiro atoms. The van der Waals surface area contributed by atoms with E-state index in [1.165, 1.54) is 0 Å². The maximum atomic E-state index is 13.4. The average molecular weight is 490 g/mol. The molecule has 0 saturated carbocycles. The molecule has 32 heavy (non-hydrogen) atoms. The number of hydrogen-bond acceptors (Lipinski definition) is 3. The largest absolute Gasteiger partial charge is 0.367 e. The summed E-state index contributed by atoms with van der Waals surface area (Å²) in [5, 5.41) is 1.83. The van der Waals surface area contributed by atoms with Crippen LogP contribution in [0.1, 0.15) is 23.3 Å². The van der Waals surface area contributed by atoms with E-state index in [1.807, 2.05) is 71.6 Å². The van der Waals surface area contributed by atoms with E-state index in [2.05, 4.69) is 4.90 Å². The predicted molar refractivity (Wildman–Crippen MR) is 131 cm³/mol. The number of rotatable bonds is 5. The second kappa shape index (κ2) is 10.1. The van der Waals surface area contributed by atoms with Crippen LogP contribution in [0.3, 0.4) is 0 Å². The smallest absolute Gasteiger partial charge is 0.256 e. The molecule has 0 unspecified atom stereocenters. The summed E-state index contributed by atoms with van der Waals surface area (Å²) in [6.07, 6.45) is -0.646. The summed E-state index contributed by atoms with van der Waals surface area (Å²) in [7, 11) is 1.57. The zero-order chi connectivity index (χ0) is 22.7. The Balaban J connectivity index is 1.65. The van der Waals surface area contributed by atoms with E-state index in [9.17, 15) is 4.79 Å². The predicted octanol–water partition coefficient (Wildman–Crippen LogP) is 6.42. The van der Waals surface area contributed by atoms with E-state index in [0.717, 1.165) is 16.8 Å². The number of halogens is 3. The molecule has 3 aromatic rings. The van der Waals surface area contributed by atoms with Gasteiger partial charge in [0.25, 0.3) is 5.91 Å². The van der Waals surface area contributed by atoms with Gasteiger partial charge in [-0.15, -0.1) is 0 Å². The van der Waals surface area contributed by atoms with Crippen LogP contribution in [0.5, 0.6) is 0 Å². The summed E-state index contributed by atoms with van der Waals surface area (Å²) < 4.78 is 5.59. The fourth-order valence-electron chi connectivity index (χ4n) is 4.13. The molecule has 1 saturated heterocycles. The third-order valence-corrected chi connectivity index (χ3v) is 6.52. The topological polar surface area (TPSA) is 32.8 Å². The molecule has 0 radical (unpaired) electrons. The zero-order valence-corrected chi connectivity index (χ0v) is 19.8. The first-order chi connectivity index (χ1) is 15.5. The van der Waals surface area contributed by atoms with Crippen LogP contribution in [0.25, 0.3) is 0 Å². The molecule has 4 rings (SSSR count). The molecule has 1 aliphatic rings. The molecular weight excluding hydrogens is 467 g/mol. The average Bonchev–Trinajstić information content (AvgIpc) is 2.80. The minimum Gasteiger partial charge on any atom is -0.367 e. The van der Waals surface area contributed by atoms with Gasteiger partial charge in [0.05, 0.1) is 16.8 Å². The Hall–Kier alpha value is -2.24. The molecule has 166 valence electrons. The maximum absolute atomic E-state index is 13.4. The quantitative estimate of drug-likeness (QED) is 0.414. The van der Waals surface area contributed by atoms with Crippen molar-refractivity contribution in [3.8, 4) is 0 Å². The molecule has 0 aromatic heterocycles. The number of amides is 1. The molecule has 1 heterocycles. The first kappa shape index (κ1) is 22.9. The van der Waals surface area contributed by atoms with Gasteiger partial charge in [0.1, 0.15) is 0 Å². The lowest BCUT2D eigenvalue weighted by molar-refractivity contribution is -0.143. The van der Waals surface area contributed by atoms with Gasteiger partial charge in [-0.1, -0.05) is 77.3 Å². The Kier molecular flexibility index (Phi) is 7.27. The first-order valence-corrected chi connectivity index (χ1v) is 11.4. The Morgan fingerprint density at radius 1 is 0.938 bits per heavy atom. The second-order valence-corrected chi connectivity index (χ2v) is 8.95. The lowest BCUT2D eigenvalue weighted by Gasteiger charge is -2.44. The summed E-state index contributed by atoms with van der Waals surface area (Å²) in [6.45, 7) is 1.66. The lowest BCUT2D eigenvalue weighted by atomic mass is 10.00. The molecule has 2 atom stereocenters. The van der Waals surface area contributed by atoms with Crippen LogP contribution in [0.4, 0.5) is 5.69 Å². The fourth-order valence-corrected chi connectivity index (χ4v) is 4.77. The van der Waals surface area contributed by atoms with Crippen molar-refractivity contribution in [3.05, 3.63) is 99.0 Å². The van der Waals surface area contributed by atoms with E-state index in [4.69, 9.17) is 39.5 Å². The van der Waals surface area contributed by atoms with Crippen LogP contribution in [0.2, 0.25) is 15.1 Å². The van der Waals surface area contributed by atoms with Gasteiger partial charge in [0.15, 0.2) is 6.10 Å². The number of carbonyl (C=O) groups is 1. The summed E-state index contributed by atoms with van der Waals surface area (Å²) in [4.78, 5) is 17.5. The van der Waals surface area contributed by atoms with Crippen LogP contribution >= 0.6 is 34.8 Å². The number of carbonyl (C=O) groups excluding carboxylic acids is 1. The van der Waals surface area contributed by atoms with Crippen molar-refractivity contribution in [2.45, 2.75) is 12.1 Å². The Morgan fingerprint density at radius 3 is 2.28 bits per heavy atom. The van der Waals surface area contributed by atoms with E-state index in [1.54, 1.807) is 13.2 Å². The van der Waals surface area contributed by atoms with Gasteiger partial charge >= 0.3 is 0 Å². The van der Waals surface area contributed by atoms with E-state index >= 15 is 0 Å². The number of ether oxygens (including phenoxy) is 1. The van der Waals surface area contributed by atoms with Crippen molar-refractivity contribution in [3.63, 3.8) is 0 Å². The van der Waals surface area contributed by atoms with Gasteiger partial charge in [-0.05, 0) is 41.5 Å². The summed E-state index contributed by atoms with van der Waals surface area (Å²) in [6, 6.07) is 22.7. The van der Waals surface area contributed by atoms with Gasteiger partial charge in [0, 0.05) is 36.8 Å². The molecule has 0 N–H and O–H groups in total. The van der Waals surface area contributed by atoms with E-state index in [0.29, 0.717) is 34.7 Å². The summed E-state index contributed by atoms with van der Waals surface area (Å²) in [5.74, 6) is -0.0560. The lowest BCUT2D eigenvalue weighted by Crippen LogP contribution is -2.52. The molecule has 1 amide bonds. The Labute approximate surface area is 203 Å². The molecule has 1 aliphatic heterocycles. The number of nitrogens with zero attached hydrogens (tertiary/aromatic N) is 2. The highest BCUT2D eigenvalue weighted by Gasteiger charge is 2.35. The molecule has 3 aromatic carbocycles. The van der Waals surface area contributed by atoms with Crippen molar-refractivity contribution in [2.75, 3.05) is 31.6 Å². The number of hydrogen-bond donors (Lipinski definition) is 0. The van der Waals surface area contributed by atoms with Gasteiger partial charge in [-0.3, -0.25) is 4.79 Å². The van der Waals surface area contributed by atoms with Crippen LogP contribution in [0.15, 0.2) is 72.8 Å². The minimum absolute atomic E-state index is 0.0560. The third-order valence-electron chi connectivity index (χ3n) is 5.73. The van der Waals surface area contributed by atoms with Crippen LogP contribution in [-0.2, 0) is 9.53 Å². The minimum atomic E-state index is -0.646. The highest BCUT2D eigenvalue weighted by Crippen LogP contribution is 2.37. The SMILES string of the molecule is CO[C@@H](C(=O)N1CCN(c2ccc(Cl)cc2Cl)[C@H](c2ccc(Cl)cc2)C1)c1ccccc1. The van der Waals surface area contributed by atoms with Gasteiger partial charge in [-0.25, -0.2) is 0 Å². The number of piperazine rings is 1. The number of anilines is 1. The number of benzene rings is 3. The van der Waals surface area contributed by atoms with Gasteiger partial charge in [0.2, 0.25) is 0 Å². The highest BCUT2D eigenvalue weighted by atomic mass is 35.5. The van der Waals surface area contributed by atoms with Crippen LogP contribution in [-0.4, -0.2) is 37.6 Å². The van der Waals surface area contributed by atoms with Crippen molar-refractivity contribution >= 4 is 46.4 Å². The maximum Gasteiger partial charge on any atom is 0.256 e. The molecule has 7 heteroatoms. The molecule has 0 aliphatic carbocycles. The van der Waals surface area contributed by atoms with Gasteiger partial charge < -0.3 is 14.5 Å². The molecular formula is C25H23Cl3N2O2. The van der Waals surface area contributed by atoms with Crippen molar-refractivity contribution in [2.24, 2.45) is 0 Å². The van der Waals surface area contributed by atoms with Crippen molar-refractivity contribution in [1.82, 2.24) is 4.90 Å². The molecule has 1 fully saturated rings. The fraction of sp³-hybridized carbons (Fsp3) is 0.240. The first-order valence-electron chi connectivity index (χ1n) is 10.3. The Bertz CT molecular complexity index is 1080. The number of methoxy groups -OCH3 is 1. The van der Waals surface area contributed by atoms with Gasteiger partial charge in [-0.2, -0.15) is 0 Å². The normalized spacial score (nSPS) is 17.3. The molecule has 0 bridgehead atoms. The van der Waals surface area contributed by atoms with Crippen molar-refractivity contribution < 1.29 is 9.53 Å².